The van der Waals surface area contributed by atoms with Crippen molar-refractivity contribution in [1.29, 1.82) is 0 Å². The minimum Gasteiger partial charge on any atom is -0.457 e. The van der Waals surface area contributed by atoms with Crippen LogP contribution in [-0.4, -0.2) is 142 Å². The Morgan fingerprint density at radius 2 is 0.984 bits per heavy atom. The molecule has 63 heavy (non-hydrogen) atoms. The number of esters is 1. The van der Waals surface area contributed by atoms with Gasteiger partial charge in [-0.1, -0.05) is 154 Å². The number of ether oxygens (including phenoxy) is 6. The average molecular weight is 903 g/mol. The van der Waals surface area contributed by atoms with E-state index in [0.29, 0.717) is 13.0 Å². The number of carbonyl (C=O) groups excluding carboxylic acids is 1. The number of unbranched alkanes of at least 4 members (excludes halogenated alkanes) is 21. The molecule has 0 aromatic rings. The largest absolute Gasteiger partial charge is 0.457 e. The Morgan fingerprint density at radius 3 is 1.52 bits per heavy atom. The van der Waals surface area contributed by atoms with Crippen molar-refractivity contribution in [2.75, 3.05) is 33.0 Å². The molecular weight excluding hydrogens is 813 g/mol. The molecular formula is C49H90O14. The van der Waals surface area contributed by atoms with Crippen molar-refractivity contribution in [2.24, 2.45) is 0 Å². The minimum atomic E-state index is -1.70. The molecule has 0 spiro atoms. The lowest BCUT2D eigenvalue weighted by atomic mass is 9.98. The average Bonchev–Trinajstić information content (AvgIpc) is 3.28. The molecule has 2 aliphatic rings. The highest BCUT2D eigenvalue weighted by Gasteiger charge is 2.47. The van der Waals surface area contributed by atoms with Crippen LogP contribution in [0.2, 0.25) is 0 Å². The van der Waals surface area contributed by atoms with Crippen molar-refractivity contribution < 1.29 is 69.0 Å². The fraction of sp³-hybridized carbons (Fsp3) is 0.898. The summed E-state index contributed by atoms with van der Waals surface area (Å²) < 4.78 is 34.0. The Balaban J connectivity index is 1.67. The predicted octanol–water partition coefficient (Wildman–Crippen LogP) is 6.85. The van der Waals surface area contributed by atoms with Gasteiger partial charge in [-0.15, -0.1) is 0 Å². The van der Waals surface area contributed by atoms with Crippen LogP contribution in [0.1, 0.15) is 181 Å². The number of aliphatic hydroxyl groups is 7. The third-order valence-corrected chi connectivity index (χ3v) is 12.0. The van der Waals surface area contributed by atoms with Gasteiger partial charge in [-0.2, -0.15) is 0 Å². The maximum absolute atomic E-state index is 12.9. The van der Waals surface area contributed by atoms with Gasteiger partial charge in [0.1, 0.15) is 54.9 Å². The van der Waals surface area contributed by atoms with Crippen LogP contribution in [-0.2, 0) is 33.2 Å². The highest BCUT2D eigenvalue weighted by Crippen LogP contribution is 2.26. The quantitative estimate of drug-likeness (QED) is 0.0191. The molecule has 0 aromatic carbocycles. The second kappa shape index (κ2) is 37.5. The molecule has 14 nitrogen and oxygen atoms in total. The van der Waals surface area contributed by atoms with Gasteiger partial charge in [0.25, 0.3) is 0 Å². The van der Waals surface area contributed by atoms with E-state index < -0.39 is 80.7 Å². The number of carbonyl (C=O) groups is 1. The summed E-state index contributed by atoms with van der Waals surface area (Å²) in [6, 6.07) is 0. The molecule has 2 saturated heterocycles. The second-order valence-corrected chi connectivity index (χ2v) is 17.6. The maximum atomic E-state index is 12.9. The first-order chi connectivity index (χ1) is 30.6. The van der Waals surface area contributed by atoms with Crippen LogP contribution in [0.25, 0.3) is 0 Å². The van der Waals surface area contributed by atoms with Crippen LogP contribution < -0.4 is 0 Å². The van der Waals surface area contributed by atoms with Gasteiger partial charge in [0.05, 0.1) is 26.4 Å². The summed E-state index contributed by atoms with van der Waals surface area (Å²) in [5.41, 5.74) is 0. The molecule has 0 aliphatic carbocycles. The third kappa shape index (κ3) is 25.8. The van der Waals surface area contributed by atoms with E-state index in [9.17, 15) is 40.5 Å². The predicted molar refractivity (Wildman–Crippen MR) is 243 cm³/mol. The molecule has 11 unspecified atom stereocenters. The number of rotatable bonds is 39. The van der Waals surface area contributed by atoms with Crippen molar-refractivity contribution in [3.8, 4) is 0 Å². The molecule has 0 amide bonds. The molecule has 0 saturated carbocycles. The monoisotopic (exact) mass is 903 g/mol. The summed E-state index contributed by atoms with van der Waals surface area (Å²) in [5, 5.41) is 71.8. The molecule has 2 fully saturated rings. The minimum absolute atomic E-state index is 0.0621. The maximum Gasteiger partial charge on any atom is 0.306 e. The molecule has 2 aliphatic heterocycles. The zero-order valence-corrected chi connectivity index (χ0v) is 39.1. The summed E-state index contributed by atoms with van der Waals surface area (Å²) in [6.45, 7) is 3.62. The summed E-state index contributed by atoms with van der Waals surface area (Å²) in [4.78, 5) is 12.9. The first-order valence-electron chi connectivity index (χ1n) is 24.9. The summed E-state index contributed by atoms with van der Waals surface area (Å²) >= 11 is 0. The van der Waals surface area contributed by atoms with Crippen LogP contribution >= 0.6 is 0 Å². The van der Waals surface area contributed by atoms with Crippen LogP contribution in [0.15, 0.2) is 24.3 Å². The molecule has 11 atom stereocenters. The van der Waals surface area contributed by atoms with Gasteiger partial charge in [-0.3, -0.25) is 4.79 Å². The van der Waals surface area contributed by atoms with Crippen LogP contribution in [0.3, 0.4) is 0 Å². The molecule has 7 N–H and O–H groups in total. The summed E-state index contributed by atoms with van der Waals surface area (Å²) in [7, 11) is 0. The van der Waals surface area contributed by atoms with E-state index >= 15 is 0 Å². The van der Waals surface area contributed by atoms with E-state index in [1.54, 1.807) is 0 Å². The highest BCUT2D eigenvalue weighted by atomic mass is 16.7. The molecule has 370 valence electrons. The standard InChI is InChI=1S/C49H90O14/c1-3-5-7-9-11-12-13-14-15-16-17-18-19-20-21-22-23-24-25-26-27-28-30-32-41(51)61-38(35-58-33-31-29-10-8-6-4-2)36-59-48-47(57)45(55)43(53)40(63-48)37-60-49-46(56)44(54)42(52)39(34-50)62-49/h13-14,16-17,38-40,42-50,52-57H,3-12,15,18-37H2,1-2H3/b14-13-,17-16-. The van der Waals surface area contributed by atoms with Crippen LogP contribution in [0.5, 0.6) is 0 Å². The van der Waals surface area contributed by atoms with Crippen molar-refractivity contribution in [2.45, 2.75) is 248 Å². The SMILES string of the molecule is CCCCCCC/C=C\C/C=C\CCCCCCCCCCCCCC(=O)OC(COCCCCCCCC)COC1OC(COC2OC(CO)C(O)C(O)C2O)C(O)C(O)C1O. The second-order valence-electron chi connectivity index (χ2n) is 17.6. The molecule has 14 heteroatoms. The zero-order chi connectivity index (χ0) is 45.9. The van der Waals surface area contributed by atoms with Gasteiger partial charge in [0.2, 0.25) is 0 Å². The van der Waals surface area contributed by atoms with Gasteiger partial charge in [0, 0.05) is 13.0 Å². The van der Waals surface area contributed by atoms with Gasteiger partial charge in [0.15, 0.2) is 12.6 Å². The van der Waals surface area contributed by atoms with E-state index in [2.05, 4.69) is 38.2 Å². The van der Waals surface area contributed by atoms with E-state index in [-0.39, 0.29) is 25.6 Å². The molecule has 2 rings (SSSR count). The number of hydrogen-bond donors (Lipinski definition) is 7. The van der Waals surface area contributed by atoms with E-state index in [4.69, 9.17) is 28.4 Å². The number of hydrogen-bond acceptors (Lipinski definition) is 14. The fourth-order valence-electron chi connectivity index (χ4n) is 7.84. The Morgan fingerprint density at radius 1 is 0.524 bits per heavy atom. The Bertz CT molecular complexity index is 1140. The normalized spacial score (nSPS) is 27.1. The molecule has 2 heterocycles. The van der Waals surface area contributed by atoms with E-state index in [1.807, 2.05) is 0 Å². The summed E-state index contributed by atoms with van der Waals surface area (Å²) in [6.07, 6.45) is 22.8. The van der Waals surface area contributed by atoms with Gasteiger partial charge in [-0.05, 0) is 44.9 Å². The fourth-order valence-corrected chi connectivity index (χ4v) is 7.84. The van der Waals surface area contributed by atoms with E-state index in [1.165, 1.54) is 109 Å². The van der Waals surface area contributed by atoms with E-state index in [0.717, 1.165) is 44.9 Å². The number of aliphatic hydroxyl groups excluding tert-OH is 7. The lowest BCUT2D eigenvalue weighted by Crippen LogP contribution is -2.61. The third-order valence-electron chi connectivity index (χ3n) is 12.0. The van der Waals surface area contributed by atoms with Crippen molar-refractivity contribution in [3.63, 3.8) is 0 Å². The van der Waals surface area contributed by atoms with Gasteiger partial charge < -0.3 is 64.2 Å². The van der Waals surface area contributed by atoms with Gasteiger partial charge in [-0.25, -0.2) is 0 Å². The number of allylic oxidation sites excluding steroid dienone is 4. The lowest BCUT2D eigenvalue weighted by Gasteiger charge is -2.42. The Labute approximate surface area is 379 Å². The first kappa shape index (κ1) is 57.6. The Hall–Kier alpha value is -1.53. The molecule has 0 bridgehead atoms. The first-order valence-corrected chi connectivity index (χ1v) is 24.9. The van der Waals surface area contributed by atoms with Crippen LogP contribution in [0.4, 0.5) is 0 Å². The molecule has 0 radical (unpaired) electrons. The van der Waals surface area contributed by atoms with Crippen LogP contribution in [0, 0.1) is 0 Å². The van der Waals surface area contributed by atoms with Crippen molar-refractivity contribution in [3.05, 3.63) is 24.3 Å². The van der Waals surface area contributed by atoms with Crippen molar-refractivity contribution in [1.82, 2.24) is 0 Å². The van der Waals surface area contributed by atoms with Crippen molar-refractivity contribution >= 4 is 5.97 Å². The zero-order valence-electron chi connectivity index (χ0n) is 39.1. The molecule has 0 aromatic heterocycles. The van der Waals surface area contributed by atoms with Gasteiger partial charge >= 0.3 is 5.97 Å². The lowest BCUT2D eigenvalue weighted by molar-refractivity contribution is -0.332. The highest BCUT2D eigenvalue weighted by molar-refractivity contribution is 5.69. The Kier molecular flexibility index (Phi) is 34.3. The summed E-state index contributed by atoms with van der Waals surface area (Å²) in [5.74, 6) is -0.381. The topological polar surface area (TPSA) is 214 Å². The smallest absolute Gasteiger partial charge is 0.306 e.